The van der Waals surface area contributed by atoms with Crippen molar-refractivity contribution in [2.75, 3.05) is 0 Å². The van der Waals surface area contributed by atoms with Crippen LogP contribution in [-0.2, 0) is 0 Å². The van der Waals surface area contributed by atoms with Crippen molar-refractivity contribution in [3.63, 3.8) is 0 Å². The number of fused-ring (bicyclic) bond motifs is 7. The van der Waals surface area contributed by atoms with Gasteiger partial charge in [-0.1, -0.05) is 94.9 Å². The molecule has 0 aromatic heterocycles. The average molecular weight is 681 g/mol. The van der Waals surface area contributed by atoms with Crippen LogP contribution < -0.4 is 0 Å². The second-order valence-corrected chi connectivity index (χ2v) is 20.7. The van der Waals surface area contributed by atoms with E-state index in [0.29, 0.717) is 0 Å². The summed E-state index contributed by atoms with van der Waals surface area (Å²) in [6, 6.07) is 5.29. The van der Waals surface area contributed by atoms with Crippen LogP contribution in [0.3, 0.4) is 0 Å². The normalized spacial score (nSPS) is 49.3. The highest BCUT2D eigenvalue weighted by atomic mass is 15.3. The quantitative estimate of drug-likeness (QED) is 0.267. The van der Waals surface area contributed by atoms with Crippen molar-refractivity contribution in [1.82, 2.24) is 9.80 Å². The third kappa shape index (κ3) is 6.19. The van der Waals surface area contributed by atoms with E-state index >= 15 is 0 Å². The smallest absolute Gasteiger partial charge is 0.0284 e. The molecule has 14 atom stereocenters. The molecule has 6 saturated carbocycles. The summed E-state index contributed by atoms with van der Waals surface area (Å²) in [5.74, 6) is 9.93. The van der Waals surface area contributed by atoms with Crippen LogP contribution in [0.2, 0.25) is 0 Å². The highest BCUT2D eigenvalue weighted by Gasteiger charge is 2.64. The van der Waals surface area contributed by atoms with Gasteiger partial charge in [0.1, 0.15) is 0 Å². The van der Waals surface area contributed by atoms with E-state index in [0.717, 1.165) is 95.4 Å². The Hall–Kier alpha value is -0.600. The van der Waals surface area contributed by atoms with Gasteiger partial charge in [0.25, 0.3) is 0 Å². The van der Waals surface area contributed by atoms with Crippen molar-refractivity contribution in [3.8, 4) is 0 Å². The SMILES string of the molecule is C1=CC(C2CCCC(N3C4CCCCC4C4C5C6CC(C7CCCCC7)CCC6N(C6C=CC(C7CCCCC7)CC6)C5CCC43)C2)CCC1. The molecule has 0 radical (unpaired) electrons. The lowest BCUT2D eigenvalue weighted by Crippen LogP contribution is -2.53. The molecule has 0 amide bonds. The summed E-state index contributed by atoms with van der Waals surface area (Å²) >= 11 is 0. The summed E-state index contributed by atoms with van der Waals surface area (Å²) < 4.78 is 0. The topological polar surface area (TPSA) is 6.48 Å². The Bertz CT molecular complexity index is 1190. The van der Waals surface area contributed by atoms with Crippen molar-refractivity contribution in [2.24, 2.45) is 59.2 Å². The molecule has 0 aromatic carbocycles. The molecule has 50 heavy (non-hydrogen) atoms. The number of allylic oxidation sites excluding steroid dienone is 3. The highest BCUT2D eigenvalue weighted by Crippen LogP contribution is 2.62. The molecule has 0 bridgehead atoms. The molecule has 8 aliphatic carbocycles. The summed E-state index contributed by atoms with van der Waals surface area (Å²) in [5, 5.41) is 0. The monoisotopic (exact) mass is 681 g/mol. The summed E-state index contributed by atoms with van der Waals surface area (Å²) in [5.41, 5.74) is 0. The van der Waals surface area contributed by atoms with Gasteiger partial charge < -0.3 is 0 Å². The Morgan fingerprint density at radius 3 is 1.82 bits per heavy atom. The van der Waals surface area contributed by atoms with E-state index in [1.54, 1.807) is 38.5 Å². The molecule has 0 aromatic rings. The molecule has 2 heteroatoms. The number of hydrogen-bond acceptors (Lipinski definition) is 2. The molecule has 8 fully saturated rings. The first kappa shape index (κ1) is 33.9. The predicted molar refractivity (Wildman–Crippen MR) is 209 cm³/mol. The maximum absolute atomic E-state index is 3.39. The highest BCUT2D eigenvalue weighted by molar-refractivity contribution is 5.19. The van der Waals surface area contributed by atoms with E-state index in [9.17, 15) is 0 Å². The lowest BCUT2D eigenvalue weighted by Gasteiger charge is -2.48. The predicted octanol–water partition coefficient (Wildman–Crippen LogP) is 12.1. The van der Waals surface area contributed by atoms with E-state index in [-0.39, 0.29) is 0 Å². The van der Waals surface area contributed by atoms with Gasteiger partial charge in [0, 0.05) is 36.3 Å². The van der Waals surface area contributed by atoms with E-state index < -0.39 is 0 Å². The van der Waals surface area contributed by atoms with Crippen LogP contribution in [0.5, 0.6) is 0 Å². The zero-order valence-corrected chi connectivity index (χ0v) is 32.2. The van der Waals surface area contributed by atoms with Gasteiger partial charge in [-0.15, -0.1) is 0 Å². The summed E-state index contributed by atoms with van der Waals surface area (Å²) in [4.78, 5) is 6.72. The maximum atomic E-state index is 3.39. The van der Waals surface area contributed by atoms with Crippen LogP contribution in [0.15, 0.2) is 24.3 Å². The van der Waals surface area contributed by atoms with Gasteiger partial charge in [-0.3, -0.25) is 9.80 Å². The van der Waals surface area contributed by atoms with Crippen molar-refractivity contribution in [3.05, 3.63) is 24.3 Å². The summed E-state index contributed by atoms with van der Waals surface area (Å²) in [6.07, 6.45) is 53.4. The van der Waals surface area contributed by atoms with Gasteiger partial charge in [0.2, 0.25) is 0 Å². The number of rotatable bonds is 5. The molecule has 2 aliphatic heterocycles. The largest absolute Gasteiger partial charge is 0.294 e. The number of nitrogens with zero attached hydrogens (tertiary/aromatic N) is 2. The zero-order chi connectivity index (χ0) is 33.0. The van der Waals surface area contributed by atoms with Crippen molar-refractivity contribution >= 4 is 0 Å². The van der Waals surface area contributed by atoms with Gasteiger partial charge in [-0.05, 0) is 168 Å². The van der Waals surface area contributed by atoms with Gasteiger partial charge in [-0.2, -0.15) is 0 Å². The molecule has 2 nitrogen and oxygen atoms in total. The summed E-state index contributed by atoms with van der Waals surface area (Å²) in [6.45, 7) is 0. The molecule has 0 N–H and O–H groups in total. The minimum atomic E-state index is 0.752. The van der Waals surface area contributed by atoms with Crippen LogP contribution in [0, 0.1) is 59.2 Å². The standard InChI is InChI=1S/C48H76N2/c1-4-13-33(14-5-1)36-23-26-39(27-24-36)49-44-28-25-38(35-17-8-3-9-18-35)32-42(44)48-46(49)30-29-45-47(48)41-21-10-11-22-43(41)50(45)40-20-12-19-37(31-40)34-15-6-2-7-16-34/h6,15,23,26,33-48H,1-5,7-14,16-22,24-25,27-32H2. The van der Waals surface area contributed by atoms with E-state index in [4.69, 9.17) is 0 Å². The molecule has 10 rings (SSSR count). The van der Waals surface area contributed by atoms with Crippen LogP contribution in [-0.4, -0.2) is 46.1 Å². The first-order valence-corrected chi connectivity index (χ1v) is 23.7. The Balaban J connectivity index is 0.944. The molecule has 10 aliphatic rings. The fourth-order valence-electron chi connectivity index (χ4n) is 16.7. The third-order valence-electron chi connectivity index (χ3n) is 18.6. The lowest BCUT2D eigenvalue weighted by atomic mass is 9.59. The Morgan fingerprint density at radius 2 is 1.04 bits per heavy atom. The van der Waals surface area contributed by atoms with E-state index in [1.807, 2.05) is 0 Å². The van der Waals surface area contributed by atoms with Crippen molar-refractivity contribution in [1.29, 1.82) is 0 Å². The average Bonchev–Trinajstić information content (AvgIpc) is 3.71. The minimum Gasteiger partial charge on any atom is -0.294 e. The first-order valence-electron chi connectivity index (χ1n) is 23.7. The van der Waals surface area contributed by atoms with Crippen LogP contribution in [0.1, 0.15) is 180 Å². The molecule has 2 saturated heterocycles. The van der Waals surface area contributed by atoms with Gasteiger partial charge in [0.15, 0.2) is 0 Å². The molecular formula is C48H76N2. The number of hydrogen-bond donors (Lipinski definition) is 0. The van der Waals surface area contributed by atoms with Gasteiger partial charge >= 0.3 is 0 Å². The Labute approximate surface area is 308 Å². The second-order valence-electron chi connectivity index (χ2n) is 20.7. The second kappa shape index (κ2) is 14.9. The molecule has 2 heterocycles. The van der Waals surface area contributed by atoms with Gasteiger partial charge in [0.05, 0.1) is 0 Å². The van der Waals surface area contributed by atoms with E-state index in [1.165, 1.54) is 141 Å². The molecule has 0 spiro atoms. The van der Waals surface area contributed by atoms with Crippen LogP contribution >= 0.6 is 0 Å². The Morgan fingerprint density at radius 1 is 0.360 bits per heavy atom. The third-order valence-corrected chi connectivity index (χ3v) is 18.6. The van der Waals surface area contributed by atoms with Crippen LogP contribution in [0.4, 0.5) is 0 Å². The van der Waals surface area contributed by atoms with Crippen molar-refractivity contribution < 1.29 is 0 Å². The molecular weight excluding hydrogens is 605 g/mol. The summed E-state index contributed by atoms with van der Waals surface area (Å²) in [7, 11) is 0. The minimum absolute atomic E-state index is 0.752. The Kier molecular flexibility index (Phi) is 10.1. The maximum Gasteiger partial charge on any atom is 0.0284 e. The molecule has 14 unspecified atom stereocenters. The van der Waals surface area contributed by atoms with E-state index in [2.05, 4.69) is 34.1 Å². The van der Waals surface area contributed by atoms with Crippen molar-refractivity contribution in [2.45, 2.75) is 216 Å². The fourth-order valence-corrected chi connectivity index (χ4v) is 16.7. The van der Waals surface area contributed by atoms with Crippen LogP contribution in [0.25, 0.3) is 0 Å². The molecule has 278 valence electrons. The zero-order valence-electron chi connectivity index (χ0n) is 32.2. The number of likely N-dealkylation sites (tertiary alicyclic amines) is 2. The van der Waals surface area contributed by atoms with Gasteiger partial charge in [-0.25, -0.2) is 0 Å². The first-order chi connectivity index (χ1) is 24.8. The lowest BCUT2D eigenvalue weighted by molar-refractivity contribution is 0.0181. The fraction of sp³-hybridized carbons (Fsp3) is 0.917.